The van der Waals surface area contributed by atoms with Crippen molar-refractivity contribution in [3.8, 4) is 6.07 Å². The monoisotopic (exact) mass is 312 g/mol. The summed E-state index contributed by atoms with van der Waals surface area (Å²) < 4.78 is 5.56. The topological polar surface area (TPSA) is 53.3 Å². The molecule has 0 aliphatic carbocycles. The summed E-state index contributed by atoms with van der Waals surface area (Å²) in [4.78, 5) is 14.4. The summed E-state index contributed by atoms with van der Waals surface area (Å²) in [5, 5.41) is 8.77. The number of rotatable bonds is 2. The standard InChI is InChI=1S/C19H24N2O2/c1-19(2,3)23-18(22)21-13-11-15(8-7-12-20)14-17(21)16-9-5-4-6-10-16/h4-6,8-10,17H,7,11,13-14H2,1-3H3/b15-8+. The Morgan fingerprint density at radius 2 is 2.09 bits per heavy atom. The molecule has 0 bridgehead atoms. The molecule has 0 N–H and O–H groups in total. The van der Waals surface area contributed by atoms with Gasteiger partial charge >= 0.3 is 6.09 Å². The second-order valence-electron chi connectivity index (χ2n) is 6.78. The summed E-state index contributed by atoms with van der Waals surface area (Å²) in [5.74, 6) is 0. The van der Waals surface area contributed by atoms with Gasteiger partial charge in [-0.1, -0.05) is 42.0 Å². The normalized spacial score (nSPS) is 20.2. The number of carbonyl (C=O) groups is 1. The number of amides is 1. The van der Waals surface area contributed by atoms with Crippen molar-refractivity contribution in [3.63, 3.8) is 0 Å². The minimum absolute atomic E-state index is 0.0373. The van der Waals surface area contributed by atoms with Crippen LogP contribution in [-0.2, 0) is 4.74 Å². The van der Waals surface area contributed by atoms with Gasteiger partial charge in [-0.15, -0.1) is 0 Å². The molecule has 0 saturated carbocycles. The van der Waals surface area contributed by atoms with Crippen molar-refractivity contribution in [2.45, 2.75) is 51.7 Å². The van der Waals surface area contributed by atoms with Crippen molar-refractivity contribution >= 4 is 6.09 Å². The van der Waals surface area contributed by atoms with E-state index in [0.29, 0.717) is 13.0 Å². The van der Waals surface area contributed by atoms with Gasteiger partial charge < -0.3 is 9.64 Å². The molecular weight excluding hydrogens is 288 g/mol. The lowest BCUT2D eigenvalue weighted by Gasteiger charge is -2.38. The molecule has 0 radical (unpaired) electrons. The van der Waals surface area contributed by atoms with E-state index in [1.165, 1.54) is 5.57 Å². The second-order valence-corrected chi connectivity index (χ2v) is 6.78. The maximum Gasteiger partial charge on any atom is 0.410 e. The van der Waals surface area contributed by atoms with E-state index in [1.54, 1.807) is 0 Å². The number of likely N-dealkylation sites (tertiary alicyclic amines) is 1. The van der Waals surface area contributed by atoms with Crippen LogP contribution in [0, 0.1) is 11.3 Å². The molecule has 1 unspecified atom stereocenters. The van der Waals surface area contributed by atoms with E-state index in [2.05, 4.69) is 6.07 Å². The van der Waals surface area contributed by atoms with E-state index >= 15 is 0 Å². The van der Waals surface area contributed by atoms with Crippen LogP contribution in [0.2, 0.25) is 0 Å². The van der Waals surface area contributed by atoms with Crippen LogP contribution in [0.1, 0.15) is 51.6 Å². The smallest absolute Gasteiger partial charge is 0.410 e. The van der Waals surface area contributed by atoms with Crippen molar-refractivity contribution in [1.29, 1.82) is 5.26 Å². The Bertz CT molecular complexity index is 608. The first kappa shape index (κ1) is 17.1. The highest BCUT2D eigenvalue weighted by molar-refractivity contribution is 5.69. The number of nitriles is 1. The summed E-state index contributed by atoms with van der Waals surface area (Å²) >= 11 is 0. The van der Waals surface area contributed by atoms with E-state index < -0.39 is 5.60 Å². The van der Waals surface area contributed by atoms with Gasteiger partial charge in [-0.25, -0.2) is 4.79 Å². The lowest BCUT2D eigenvalue weighted by Crippen LogP contribution is -2.42. The number of nitrogens with zero attached hydrogens (tertiary/aromatic N) is 2. The molecule has 1 aromatic carbocycles. The highest BCUT2D eigenvalue weighted by Crippen LogP contribution is 2.35. The van der Waals surface area contributed by atoms with Crippen LogP contribution in [0.25, 0.3) is 0 Å². The van der Waals surface area contributed by atoms with Gasteiger partial charge in [0.05, 0.1) is 18.5 Å². The van der Waals surface area contributed by atoms with Crippen molar-refractivity contribution in [1.82, 2.24) is 4.90 Å². The van der Waals surface area contributed by atoms with Gasteiger partial charge in [0.15, 0.2) is 0 Å². The van der Waals surface area contributed by atoms with Gasteiger partial charge in [-0.2, -0.15) is 5.26 Å². The minimum atomic E-state index is -0.505. The predicted molar refractivity (Wildman–Crippen MR) is 89.7 cm³/mol. The number of piperidine rings is 1. The fourth-order valence-corrected chi connectivity index (χ4v) is 2.77. The number of hydrogen-bond donors (Lipinski definition) is 0. The fourth-order valence-electron chi connectivity index (χ4n) is 2.77. The Kier molecular flexibility index (Phi) is 5.44. The molecule has 2 rings (SSSR count). The van der Waals surface area contributed by atoms with Gasteiger partial charge in [0, 0.05) is 6.54 Å². The van der Waals surface area contributed by atoms with Gasteiger partial charge in [-0.3, -0.25) is 0 Å². The average Bonchev–Trinajstić information content (AvgIpc) is 2.52. The van der Waals surface area contributed by atoms with Crippen LogP contribution in [0.5, 0.6) is 0 Å². The fraction of sp³-hybridized carbons (Fsp3) is 0.474. The maximum absolute atomic E-state index is 12.6. The number of benzene rings is 1. The van der Waals surface area contributed by atoms with Gasteiger partial charge in [-0.05, 0) is 39.2 Å². The Labute approximate surface area is 138 Å². The quantitative estimate of drug-likeness (QED) is 0.750. The lowest BCUT2D eigenvalue weighted by molar-refractivity contribution is 0.0129. The molecule has 1 aliphatic rings. The molecule has 4 nitrogen and oxygen atoms in total. The molecule has 1 heterocycles. The molecule has 0 spiro atoms. The lowest BCUT2D eigenvalue weighted by atomic mass is 9.91. The summed E-state index contributed by atoms with van der Waals surface area (Å²) in [6.07, 6.45) is 3.69. The van der Waals surface area contributed by atoms with Crippen LogP contribution in [0.15, 0.2) is 42.0 Å². The predicted octanol–water partition coefficient (Wildman–Crippen LogP) is 4.60. The number of allylic oxidation sites excluding steroid dienone is 1. The highest BCUT2D eigenvalue weighted by atomic mass is 16.6. The first-order valence-corrected chi connectivity index (χ1v) is 8.00. The highest BCUT2D eigenvalue weighted by Gasteiger charge is 2.32. The number of carbonyl (C=O) groups excluding carboxylic acids is 1. The van der Waals surface area contributed by atoms with Crippen LogP contribution >= 0.6 is 0 Å². The molecule has 1 atom stereocenters. The van der Waals surface area contributed by atoms with E-state index in [9.17, 15) is 4.79 Å². The first-order valence-electron chi connectivity index (χ1n) is 8.00. The van der Waals surface area contributed by atoms with Crippen LogP contribution < -0.4 is 0 Å². The molecule has 1 fully saturated rings. The zero-order valence-electron chi connectivity index (χ0n) is 14.1. The molecule has 1 amide bonds. The Morgan fingerprint density at radius 1 is 1.39 bits per heavy atom. The molecule has 1 aliphatic heterocycles. The van der Waals surface area contributed by atoms with Crippen LogP contribution in [0.3, 0.4) is 0 Å². The SMILES string of the molecule is CC(C)(C)OC(=O)N1CC/C(=C\CC#N)CC1c1ccccc1. The molecular formula is C19H24N2O2. The Balaban J connectivity index is 2.23. The van der Waals surface area contributed by atoms with Crippen molar-refractivity contribution in [3.05, 3.63) is 47.5 Å². The molecule has 23 heavy (non-hydrogen) atoms. The van der Waals surface area contributed by atoms with Crippen LogP contribution in [0.4, 0.5) is 4.79 Å². The van der Waals surface area contributed by atoms with Crippen molar-refractivity contribution < 1.29 is 9.53 Å². The zero-order chi connectivity index (χ0) is 16.9. The summed E-state index contributed by atoms with van der Waals surface area (Å²) in [6, 6.07) is 12.1. The molecule has 4 heteroatoms. The third kappa shape index (κ3) is 4.85. The van der Waals surface area contributed by atoms with Gasteiger partial charge in [0.2, 0.25) is 0 Å². The molecule has 1 aromatic rings. The molecule has 122 valence electrons. The van der Waals surface area contributed by atoms with Gasteiger partial charge in [0.25, 0.3) is 0 Å². The minimum Gasteiger partial charge on any atom is -0.444 e. The third-order valence-electron chi connectivity index (χ3n) is 3.80. The first-order chi connectivity index (χ1) is 10.9. The molecule has 1 saturated heterocycles. The second kappa shape index (κ2) is 7.32. The van der Waals surface area contributed by atoms with E-state index in [4.69, 9.17) is 10.00 Å². The summed E-state index contributed by atoms with van der Waals surface area (Å²) in [5.41, 5.74) is 1.83. The average molecular weight is 312 g/mol. The van der Waals surface area contributed by atoms with E-state index in [-0.39, 0.29) is 12.1 Å². The van der Waals surface area contributed by atoms with Gasteiger partial charge in [0.1, 0.15) is 5.60 Å². The Morgan fingerprint density at radius 3 is 2.70 bits per heavy atom. The number of ether oxygens (including phenoxy) is 1. The zero-order valence-corrected chi connectivity index (χ0v) is 14.1. The summed E-state index contributed by atoms with van der Waals surface area (Å²) in [6.45, 7) is 6.26. The van der Waals surface area contributed by atoms with Crippen molar-refractivity contribution in [2.24, 2.45) is 0 Å². The molecule has 0 aromatic heterocycles. The number of hydrogen-bond acceptors (Lipinski definition) is 3. The van der Waals surface area contributed by atoms with Crippen LogP contribution in [-0.4, -0.2) is 23.1 Å². The third-order valence-corrected chi connectivity index (χ3v) is 3.80. The summed E-state index contributed by atoms with van der Waals surface area (Å²) in [7, 11) is 0. The van der Waals surface area contributed by atoms with Crippen molar-refractivity contribution in [2.75, 3.05) is 6.54 Å². The largest absolute Gasteiger partial charge is 0.444 e. The van der Waals surface area contributed by atoms with E-state index in [1.807, 2.05) is 62.1 Å². The maximum atomic E-state index is 12.6. The van der Waals surface area contributed by atoms with E-state index in [0.717, 1.165) is 18.4 Å². The Hall–Kier alpha value is -2.28.